The predicted octanol–water partition coefficient (Wildman–Crippen LogP) is 2.09. The number of hydrogen-bond acceptors (Lipinski definition) is 4. The minimum Gasteiger partial charge on any atom is -0.493 e. The minimum absolute atomic E-state index is 0.528. The third-order valence-corrected chi connectivity index (χ3v) is 3.22. The van der Waals surface area contributed by atoms with E-state index in [2.05, 4.69) is 6.07 Å². The molecule has 0 radical (unpaired) electrons. The summed E-state index contributed by atoms with van der Waals surface area (Å²) in [6, 6.07) is 8.08. The van der Waals surface area contributed by atoms with Crippen LogP contribution in [0.25, 0.3) is 0 Å². The number of rotatable bonds is 5. The number of methoxy groups -OCH3 is 2. The van der Waals surface area contributed by atoms with Crippen molar-refractivity contribution in [3.8, 4) is 17.6 Å². The molecular weight excluding hydrogens is 228 g/mol. The SMILES string of the molecule is COc1ccc(CC(C)(C#N)N(C)C)cc1OC. The van der Waals surface area contributed by atoms with E-state index < -0.39 is 5.54 Å². The molecule has 1 rings (SSSR count). The van der Waals surface area contributed by atoms with Crippen LogP contribution in [0.2, 0.25) is 0 Å². The lowest BCUT2D eigenvalue weighted by molar-refractivity contribution is 0.236. The molecule has 1 aromatic rings. The first-order chi connectivity index (χ1) is 8.46. The standard InChI is InChI=1S/C14H20N2O2/c1-14(10-15,16(2)3)9-11-6-7-12(17-4)13(8-11)18-5/h6-8H,9H2,1-5H3. The lowest BCUT2D eigenvalue weighted by atomic mass is 9.93. The van der Waals surface area contributed by atoms with Gasteiger partial charge < -0.3 is 9.47 Å². The largest absolute Gasteiger partial charge is 0.493 e. The first-order valence-electron chi connectivity index (χ1n) is 5.76. The van der Waals surface area contributed by atoms with E-state index in [-0.39, 0.29) is 0 Å². The Morgan fingerprint density at radius 2 is 1.83 bits per heavy atom. The van der Waals surface area contributed by atoms with Crippen molar-refractivity contribution in [1.82, 2.24) is 4.90 Å². The Morgan fingerprint density at radius 3 is 2.28 bits per heavy atom. The van der Waals surface area contributed by atoms with E-state index in [0.29, 0.717) is 17.9 Å². The number of benzene rings is 1. The molecule has 1 aromatic carbocycles. The first kappa shape index (κ1) is 14.3. The van der Waals surface area contributed by atoms with Crippen molar-refractivity contribution in [2.24, 2.45) is 0 Å². The highest BCUT2D eigenvalue weighted by atomic mass is 16.5. The van der Waals surface area contributed by atoms with E-state index in [1.54, 1.807) is 14.2 Å². The van der Waals surface area contributed by atoms with Crippen LogP contribution in [-0.2, 0) is 6.42 Å². The quantitative estimate of drug-likeness (QED) is 0.800. The summed E-state index contributed by atoms with van der Waals surface area (Å²) >= 11 is 0. The molecule has 4 heteroatoms. The Labute approximate surface area is 109 Å². The van der Waals surface area contributed by atoms with Crippen LogP contribution in [0.4, 0.5) is 0 Å². The molecule has 0 bridgehead atoms. The van der Waals surface area contributed by atoms with Crippen molar-refractivity contribution in [2.75, 3.05) is 28.3 Å². The van der Waals surface area contributed by atoms with Crippen LogP contribution in [0.3, 0.4) is 0 Å². The zero-order valence-electron chi connectivity index (χ0n) is 11.7. The van der Waals surface area contributed by atoms with Crippen LogP contribution in [0.15, 0.2) is 18.2 Å². The van der Waals surface area contributed by atoms with Gasteiger partial charge in [-0.15, -0.1) is 0 Å². The van der Waals surface area contributed by atoms with E-state index in [1.807, 2.05) is 44.1 Å². The third kappa shape index (κ3) is 2.93. The monoisotopic (exact) mass is 248 g/mol. The topological polar surface area (TPSA) is 45.5 Å². The molecule has 4 nitrogen and oxygen atoms in total. The van der Waals surface area contributed by atoms with Gasteiger partial charge in [-0.2, -0.15) is 5.26 Å². The summed E-state index contributed by atoms with van der Waals surface area (Å²) in [5.74, 6) is 1.39. The zero-order chi connectivity index (χ0) is 13.8. The number of nitrogens with zero attached hydrogens (tertiary/aromatic N) is 2. The lowest BCUT2D eigenvalue weighted by Gasteiger charge is -2.29. The Hall–Kier alpha value is -1.73. The van der Waals surface area contributed by atoms with Gasteiger partial charge in [0.15, 0.2) is 11.5 Å². The van der Waals surface area contributed by atoms with E-state index in [1.165, 1.54) is 0 Å². The van der Waals surface area contributed by atoms with Gasteiger partial charge >= 0.3 is 0 Å². The molecule has 0 aliphatic heterocycles. The van der Waals surface area contributed by atoms with Gasteiger partial charge in [-0.3, -0.25) is 4.90 Å². The van der Waals surface area contributed by atoms with Crippen LogP contribution in [0.5, 0.6) is 11.5 Å². The summed E-state index contributed by atoms with van der Waals surface area (Å²) in [4.78, 5) is 1.92. The Balaban J connectivity index is 3.02. The van der Waals surface area contributed by atoms with Crippen molar-refractivity contribution < 1.29 is 9.47 Å². The highest BCUT2D eigenvalue weighted by Gasteiger charge is 2.27. The van der Waals surface area contributed by atoms with E-state index >= 15 is 0 Å². The highest BCUT2D eigenvalue weighted by Crippen LogP contribution is 2.29. The third-order valence-electron chi connectivity index (χ3n) is 3.22. The van der Waals surface area contributed by atoms with Gasteiger partial charge in [-0.1, -0.05) is 6.07 Å². The van der Waals surface area contributed by atoms with Gasteiger partial charge in [-0.25, -0.2) is 0 Å². The minimum atomic E-state index is -0.528. The molecule has 0 aliphatic rings. The molecule has 98 valence electrons. The summed E-state index contributed by atoms with van der Waals surface area (Å²) in [5, 5.41) is 9.30. The molecule has 18 heavy (non-hydrogen) atoms. The second-order valence-corrected chi connectivity index (χ2v) is 4.65. The molecule has 1 atom stereocenters. The zero-order valence-corrected chi connectivity index (χ0v) is 11.7. The number of likely N-dealkylation sites (N-methyl/N-ethyl adjacent to an activating group) is 1. The molecule has 0 saturated carbocycles. The van der Waals surface area contributed by atoms with Crippen LogP contribution in [0.1, 0.15) is 12.5 Å². The number of hydrogen-bond donors (Lipinski definition) is 0. The molecule has 0 spiro atoms. The molecule has 0 aromatic heterocycles. The van der Waals surface area contributed by atoms with Gasteiger partial charge in [0.25, 0.3) is 0 Å². The predicted molar refractivity (Wildman–Crippen MR) is 71.0 cm³/mol. The summed E-state index contributed by atoms with van der Waals surface area (Å²) < 4.78 is 10.5. The summed E-state index contributed by atoms with van der Waals surface area (Å²) in [6.07, 6.45) is 0.636. The Kier molecular flexibility index (Phi) is 4.57. The fourth-order valence-corrected chi connectivity index (χ4v) is 1.69. The van der Waals surface area contributed by atoms with Crippen LogP contribution >= 0.6 is 0 Å². The number of nitriles is 1. The van der Waals surface area contributed by atoms with Gasteiger partial charge in [0.2, 0.25) is 0 Å². The van der Waals surface area contributed by atoms with Crippen LogP contribution < -0.4 is 9.47 Å². The van der Waals surface area contributed by atoms with Gasteiger partial charge in [0.05, 0.1) is 20.3 Å². The molecule has 0 saturated heterocycles. The maximum atomic E-state index is 9.30. The molecule has 0 N–H and O–H groups in total. The highest BCUT2D eigenvalue weighted by molar-refractivity contribution is 5.43. The van der Waals surface area contributed by atoms with Crippen LogP contribution in [0, 0.1) is 11.3 Å². The Morgan fingerprint density at radius 1 is 1.22 bits per heavy atom. The van der Waals surface area contributed by atoms with Crippen molar-refractivity contribution in [1.29, 1.82) is 5.26 Å². The fourth-order valence-electron chi connectivity index (χ4n) is 1.69. The molecule has 1 unspecified atom stereocenters. The van der Waals surface area contributed by atoms with E-state index in [4.69, 9.17) is 9.47 Å². The molecule has 0 aliphatic carbocycles. The molecular formula is C14H20N2O2. The summed E-state index contributed by atoms with van der Waals surface area (Å²) in [5.41, 5.74) is 0.518. The lowest BCUT2D eigenvalue weighted by Crippen LogP contribution is -2.41. The van der Waals surface area contributed by atoms with Crippen molar-refractivity contribution >= 4 is 0 Å². The average Bonchev–Trinajstić information content (AvgIpc) is 2.38. The smallest absolute Gasteiger partial charge is 0.160 e. The van der Waals surface area contributed by atoms with Gasteiger partial charge in [-0.05, 0) is 38.7 Å². The van der Waals surface area contributed by atoms with Crippen molar-refractivity contribution in [2.45, 2.75) is 18.9 Å². The van der Waals surface area contributed by atoms with E-state index in [9.17, 15) is 5.26 Å². The Bertz CT molecular complexity index is 452. The second-order valence-electron chi connectivity index (χ2n) is 4.65. The van der Waals surface area contributed by atoms with Gasteiger partial charge in [0, 0.05) is 6.42 Å². The summed E-state index contributed by atoms with van der Waals surface area (Å²) in [7, 11) is 7.03. The van der Waals surface area contributed by atoms with Crippen molar-refractivity contribution in [3.05, 3.63) is 23.8 Å². The van der Waals surface area contributed by atoms with Crippen LogP contribution in [-0.4, -0.2) is 38.8 Å². The van der Waals surface area contributed by atoms with Crippen molar-refractivity contribution in [3.63, 3.8) is 0 Å². The molecule has 0 fully saturated rings. The molecule has 0 amide bonds. The normalized spacial score (nSPS) is 13.8. The summed E-state index contributed by atoms with van der Waals surface area (Å²) in [6.45, 7) is 1.92. The van der Waals surface area contributed by atoms with Gasteiger partial charge in [0.1, 0.15) is 5.54 Å². The first-order valence-corrected chi connectivity index (χ1v) is 5.76. The average molecular weight is 248 g/mol. The second kappa shape index (κ2) is 5.74. The fraction of sp³-hybridized carbons (Fsp3) is 0.500. The maximum Gasteiger partial charge on any atom is 0.160 e. The van der Waals surface area contributed by atoms with E-state index in [0.717, 1.165) is 5.56 Å². The maximum absolute atomic E-state index is 9.30. The number of ether oxygens (including phenoxy) is 2. The molecule has 0 heterocycles.